The molecule has 0 amide bonds. The first-order chi connectivity index (χ1) is 6.35. The summed E-state index contributed by atoms with van der Waals surface area (Å²) in [6.07, 6.45) is 2.21. The van der Waals surface area contributed by atoms with Crippen LogP contribution in [0.1, 0.15) is 26.7 Å². The summed E-state index contributed by atoms with van der Waals surface area (Å²) in [5.74, 6) is 0. The molecule has 0 heterocycles. The first-order valence-electron chi connectivity index (χ1n) is 4.87. The molecule has 4 heteroatoms. The van der Waals surface area contributed by atoms with Crippen LogP contribution in [0.15, 0.2) is 0 Å². The molecule has 0 aromatic carbocycles. The molecule has 0 N–H and O–H groups in total. The Morgan fingerprint density at radius 2 is 1.92 bits per heavy atom. The van der Waals surface area contributed by atoms with Gasteiger partial charge in [-0.15, -0.1) is 0 Å². The lowest BCUT2D eigenvalue weighted by Crippen LogP contribution is -2.25. The third kappa shape index (κ3) is 8.18. The van der Waals surface area contributed by atoms with Gasteiger partial charge in [0, 0.05) is 6.61 Å². The Kier molecular flexibility index (Phi) is 9.80. The molecule has 4 nitrogen and oxygen atoms in total. The van der Waals surface area contributed by atoms with Gasteiger partial charge in [-0.25, -0.2) is 0 Å². The average Bonchev–Trinajstić information content (AvgIpc) is 2.17. The van der Waals surface area contributed by atoms with Crippen molar-refractivity contribution in [2.75, 3.05) is 33.5 Å². The molecular formula is C9H21NO3. The topological polar surface area (TPSA) is 30.9 Å². The van der Waals surface area contributed by atoms with Crippen molar-refractivity contribution < 1.29 is 14.4 Å². The first kappa shape index (κ1) is 12.8. The van der Waals surface area contributed by atoms with Gasteiger partial charge in [-0.3, -0.25) is 9.68 Å². The van der Waals surface area contributed by atoms with E-state index in [-0.39, 0.29) is 0 Å². The van der Waals surface area contributed by atoms with Gasteiger partial charge in [0.15, 0.2) is 0 Å². The van der Waals surface area contributed by atoms with E-state index in [0.29, 0.717) is 13.2 Å². The molecule has 0 rings (SSSR count). The van der Waals surface area contributed by atoms with Crippen LogP contribution in [0.3, 0.4) is 0 Å². The summed E-state index contributed by atoms with van der Waals surface area (Å²) < 4.78 is 5.13. The van der Waals surface area contributed by atoms with Gasteiger partial charge in [0.25, 0.3) is 0 Å². The number of rotatable bonds is 9. The number of nitrogens with zero attached hydrogens (tertiary/aromatic N) is 1. The van der Waals surface area contributed by atoms with Crippen LogP contribution in [0.2, 0.25) is 0 Å². The number of unbranched alkanes of at least 4 members (excludes halogenated alkanes) is 1. The minimum absolute atomic E-state index is 0.547. The van der Waals surface area contributed by atoms with Crippen LogP contribution in [0.4, 0.5) is 0 Å². The molecule has 0 aromatic rings. The number of hydroxylamine groups is 2. The normalized spacial score (nSPS) is 11.1. The fourth-order valence-electron chi connectivity index (χ4n) is 0.838. The molecule has 0 fully saturated rings. The molecule has 0 bridgehead atoms. The maximum absolute atomic E-state index is 5.28. The van der Waals surface area contributed by atoms with Gasteiger partial charge < -0.3 is 4.74 Å². The van der Waals surface area contributed by atoms with E-state index in [4.69, 9.17) is 14.4 Å². The second-order valence-electron chi connectivity index (χ2n) is 2.62. The molecule has 0 aliphatic rings. The van der Waals surface area contributed by atoms with Crippen molar-refractivity contribution in [1.29, 1.82) is 0 Å². The Hall–Kier alpha value is -0.160. The lowest BCUT2D eigenvalue weighted by atomic mass is 10.3. The van der Waals surface area contributed by atoms with Crippen molar-refractivity contribution in [2.24, 2.45) is 0 Å². The second-order valence-corrected chi connectivity index (χ2v) is 2.62. The first-order valence-corrected chi connectivity index (χ1v) is 4.87. The van der Waals surface area contributed by atoms with Crippen molar-refractivity contribution in [2.45, 2.75) is 26.7 Å². The Morgan fingerprint density at radius 1 is 1.15 bits per heavy atom. The number of hydrogen-bond acceptors (Lipinski definition) is 4. The smallest absolute Gasteiger partial charge is 0.0945 e. The van der Waals surface area contributed by atoms with Crippen molar-refractivity contribution in [3.8, 4) is 0 Å². The van der Waals surface area contributed by atoms with Crippen molar-refractivity contribution in [1.82, 2.24) is 5.23 Å². The van der Waals surface area contributed by atoms with Gasteiger partial charge in [-0.2, -0.15) is 0 Å². The van der Waals surface area contributed by atoms with Crippen molar-refractivity contribution in [3.63, 3.8) is 0 Å². The molecule has 0 spiro atoms. The zero-order valence-electron chi connectivity index (χ0n) is 8.91. The summed E-state index contributed by atoms with van der Waals surface area (Å²) in [5, 5.41) is 1.50. The van der Waals surface area contributed by atoms with Crippen LogP contribution >= 0.6 is 0 Å². The number of hydrogen-bond donors (Lipinski definition) is 0. The fraction of sp³-hybridized carbons (Fsp3) is 1.00. The van der Waals surface area contributed by atoms with Crippen LogP contribution in [0.5, 0.6) is 0 Å². The third-order valence-electron chi connectivity index (χ3n) is 1.56. The van der Waals surface area contributed by atoms with E-state index in [1.165, 1.54) is 5.23 Å². The molecule has 13 heavy (non-hydrogen) atoms. The van der Waals surface area contributed by atoms with Gasteiger partial charge in [-0.05, 0) is 13.3 Å². The summed E-state index contributed by atoms with van der Waals surface area (Å²) >= 11 is 0. The number of ether oxygens (including phenoxy) is 1. The van der Waals surface area contributed by atoms with Gasteiger partial charge in [0.2, 0.25) is 0 Å². The zero-order valence-corrected chi connectivity index (χ0v) is 8.91. The minimum atomic E-state index is 0.547. The Morgan fingerprint density at radius 3 is 2.46 bits per heavy atom. The summed E-state index contributed by atoms with van der Waals surface area (Å²) in [4.78, 5) is 10.3. The van der Waals surface area contributed by atoms with E-state index < -0.39 is 0 Å². The summed E-state index contributed by atoms with van der Waals surface area (Å²) in [5.41, 5.74) is 0. The van der Waals surface area contributed by atoms with Crippen LogP contribution < -0.4 is 0 Å². The molecule has 0 aromatic heterocycles. The lowest BCUT2D eigenvalue weighted by Gasteiger charge is -2.18. The average molecular weight is 191 g/mol. The monoisotopic (exact) mass is 191 g/mol. The summed E-state index contributed by atoms with van der Waals surface area (Å²) in [7, 11) is 1.61. The largest absolute Gasteiger partial charge is 0.379 e. The highest BCUT2D eigenvalue weighted by atomic mass is 16.9. The molecule has 0 radical (unpaired) electrons. The van der Waals surface area contributed by atoms with Crippen molar-refractivity contribution >= 4 is 0 Å². The highest BCUT2D eigenvalue weighted by molar-refractivity contribution is 4.34. The van der Waals surface area contributed by atoms with E-state index >= 15 is 0 Å². The highest BCUT2D eigenvalue weighted by Crippen LogP contribution is 1.95. The SMILES string of the molecule is CCCCN(OC)OCCOCC. The molecule has 0 aliphatic carbocycles. The molecule has 0 saturated heterocycles. The zero-order chi connectivity index (χ0) is 9.94. The summed E-state index contributed by atoms with van der Waals surface area (Å²) in [6, 6.07) is 0. The highest BCUT2D eigenvalue weighted by Gasteiger charge is 2.01. The molecule has 0 unspecified atom stereocenters. The van der Waals surface area contributed by atoms with Gasteiger partial charge in [-0.1, -0.05) is 18.6 Å². The molecule has 80 valence electrons. The Labute approximate surface area is 80.7 Å². The van der Waals surface area contributed by atoms with E-state index in [1.807, 2.05) is 6.92 Å². The molecule has 0 atom stereocenters. The Balaban J connectivity index is 3.25. The third-order valence-corrected chi connectivity index (χ3v) is 1.56. The van der Waals surface area contributed by atoms with Gasteiger partial charge in [0.1, 0.15) is 0 Å². The quantitative estimate of drug-likeness (QED) is 0.409. The lowest BCUT2D eigenvalue weighted by molar-refractivity contribution is -0.358. The van der Waals surface area contributed by atoms with E-state index in [0.717, 1.165) is 26.0 Å². The predicted octanol–water partition coefficient (Wildman–Crippen LogP) is 1.62. The standard InChI is InChI=1S/C9H21NO3/c1-4-6-7-10(11-3)13-9-8-12-5-2/h4-9H2,1-3H3. The Bertz CT molecular complexity index is 101. The van der Waals surface area contributed by atoms with Crippen LogP contribution in [0, 0.1) is 0 Å². The molecular weight excluding hydrogens is 170 g/mol. The molecule has 0 aliphatic heterocycles. The van der Waals surface area contributed by atoms with Crippen molar-refractivity contribution in [3.05, 3.63) is 0 Å². The van der Waals surface area contributed by atoms with Gasteiger partial charge in [0.05, 0.1) is 26.9 Å². The van der Waals surface area contributed by atoms with E-state index in [2.05, 4.69) is 6.92 Å². The fourth-order valence-corrected chi connectivity index (χ4v) is 0.838. The summed E-state index contributed by atoms with van der Waals surface area (Å²) in [6.45, 7) is 6.79. The molecule has 0 saturated carbocycles. The predicted molar refractivity (Wildman–Crippen MR) is 51.1 cm³/mol. The van der Waals surface area contributed by atoms with Crippen LogP contribution in [-0.2, 0) is 14.4 Å². The minimum Gasteiger partial charge on any atom is -0.379 e. The van der Waals surface area contributed by atoms with Crippen LogP contribution in [-0.4, -0.2) is 38.7 Å². The maximum atomic E-state index is 5.28. The van der Waals surface area contributed by atoms with E-state index in [9.17, 15) is 0 Å². The second kappa shape index (κ2) is 9.92. The maximum Gasteiger partial charge on any atom is 0.0945 e. The van der Waals surface area contributed by atoms with Crippen LogP contribution in [0.25, 0.3) is 0 Å². The van der Waals surface area contributed by atoms with E-state index in [1.54, 1.807) is 7.11 Å². The van der Waals surface area contributed by atoms with Gasteiger partial charge >= 0.3 is 0 Å².